The van der Waals surface area contributed by atoms with Gasteiger partial charge in [-0.25, -0.2) is 8.42 Å². The number of benzene rings is 1. The van der Waals surface area contributed by atoms with Crippen molar-refractivity contribution in [2.24, 2.45) is 16.8 Å². The van der Waals surface area contributed by atoms with E-state index in [0.717, 1.165) is 39.0 Å². The highest BCUT2D eigenvalue weighted by molar-refractivity contribution is 7.90. The molecule has 2 saturated heterocycles. The third-order valence-corrected chi connectivity index (χ3v) is 7.25. The molecule has 3 aliphatic heterocycles. The molecular formula is C19H26N4O3S. The molecule has 0 aliphatic carbocycles. The minimum Gasteiger partial charge on any atom is -0.343 e. The molecule has 1 aromatic carbocycles. The number of carbonyl (C=O) groups is 1. The molecular weight excluding hydrogens is 364 g/mol. The number of hydrogen-bond acceptors (Lipinski definition) is 5. The van der Waals surface area contributed by atoms with Crippen molar-refractivity contribution >= 4 is 21.8 Å². The lowest BCUT2D eigenvalue weighted by Crippen LogP contribution is -2.34. The van der Waals surface area contributed by atoms with Crippen LogP contribution in [0.1, 0.15) is 31.7 Å². The number of aliphatic imine (C=N–C) groups is 1. The zero-order chi connectivity index (χ0) is 19.0. The Morgan fingerprint density at radius 1 is 1.22 bits per heavy atom. The summed E-state index contributed by atoms with van der Waals surface area (Å²) in [6.45, 7) is 5.60. The van der Waals surface area contributed by atoms with Gasteiger partial charge in [0.15, 0.2) is 0 Å². The lowest BCUT2D eigenvalue weighted by atomic mass is 9.92. The van der Waals surface area contributed by atoms with E-state index in [0.29, 0.717) is 29.7 Å². The van der Waals surface area contributed by atoms with Crippen molar-refractivity contribution in [1.82, 2.24) is 14.9 Å². The van der Waals surface area contributed by atoms with Crippen molar-refractivity contribution in [1.29, 1.82) is 0 Å². The minimum absolute atomic E-state index is 0.105. The van der Waals surface area contributed by atoms with E-state index in [2.05, 4.69) is 15.0 Å². The number of sulfonamides is 1. The first-order chi connectivity index (χ1) is 12.9. The SMILES string of the molecule is CC(CC(=O)N1CC[C@@H]2CNC[C@@H]2CC1)N=C1NS(=O)(=O)c2ccccc21. The maximum atomic E-state index is 12.7. The molecule has 2 fully saturated rings. The number of nitrogens with zero attached hydrogens (tertiary/aromatic N) is 2. The van der Waals surface area contributed by atoms with Crippen LogP contribution in [-0.2, 0) is 14.8 Å². The molecule has 3 atom stereocenters. The highest BCUT2D eigenvalue weighted by atomic mass is 32.2. The van der Waals surface area contributed by atoms with Crippen molar-refractivity contribution in [2.45, 2.75) is 37.1 Å². The second-order valence-electron chi connectivity index (χ2n) is 7.77. The van der Waals surface area contributed by atoms with Gasteiger partial charge in [-0.15, -0.1) is 0 Å². The van der Waals surface area contributed by atoms with Crippen molar-refractivity contribution < 1.29 is 13.2 Å². The molecule has 3 aliphatic rings. The zero-order valence-corrected chi connectivity index (χ0v) is 16.3. The maximum absolute atomic E-state index is 12.7. The van der Waals surface area contributed by atoms with Crippen LogP contribution >= 0.6 is 0 Å². The summed E-state index contributed by atoms with van der Waals surface area (Å²) < 4.78 is 26.9. The van der Waals surface area contributed by atoms with Crippen LogP contribution in [0.3, 0.4) is 0 Å². The number of likely N-dealkylation sites (tertiary alicyclic amines) is 1. The largest absolute Gasteiger partial charge is 0.343 e. The quantitative estimate of drug-likeness (QED) is 0.804. The van der Waals surface area contributed by atoms with Crippen LogP contribution in [0.25, 0.3) is 0 Å². The van der Waals surface area contributed by atoms with Crippen molar-refractivity contribution in [3.8, 4) is 0 Å². The third kappa shape index (κ3) is 3.73. The van der Waals surface area contributed by atoms with Crippen LogP contribution in [0.5, 0.6) is 0 Å². The van der Waals surface area contributed by atoms with Gasteiger partial charge in [0, 0.05) is 25.1 Å². The molecule has 0 saturated carbocycles. The van der Waals surface area contributed by atoms with Gasteiger partial charge in [-0.05, 0) is 56.8 Å². The average Bonchev–Trinajstić information content (AvgIpc) is 3.10. The van der Waals surface area contributed by atoms with Gasteiger partial charge >= 0.3 is 0 Å². The van der Waals surface area contributed by atoms with Gasteiger partial charge in [0.25, 0.3) is 10.0 Å². The normalized spacial score (nSPS) is 28.9. The molecule has 1 unspecified atom stereocenters. The Morgan fingerprint density at radius 3 is 2.59 bits per heavy atom. The zero-order valence-electron chi connectivity index (χ0n) is 15.5. The average molecular weight is 391 g/mol. The Bertz CT molecular complexity index is 853. The lowest BCUT2D eigenvalue weighted by Gasteiger charge is -2.22. The number of carbonyl (C=O) groups excluding carboxylic acids is 1. The molecule has 27 heavy (non-hydrogen) atoms. The van der Waals surface area contributed by atoms with E-state index in [1.54, 1.807) is 24.3 Å². The molecule has 0 aromatic heterocycles. The van der Waals surface area contributed by atoms with Gasteiger partial charge < -0.3 is 10.2 Å². The van der Waals surface area contributed by atoms with E-state index in [4.69, 9.17) is 0 Å². The van der Waals surface area contributed by atoms with Crippen LogP contribution in [0, 0.1) is 11.8 Å². The van der Waals surface area contributed by atoms with Gasteiger partial charge in [0.2, 0.25) is 5.91 Å². The maximum Gasteiger partial charge on any atom is 0.263 e. The van der Waals surface area contributed by atoms with E-state index in [1.807, 2.05) is 11.8 Å². The fourth-order valence-electron chi connectivity index (χ4n) is 4.35. The first-order valence-electron chi connectivity index (χ1n) is 9.62. The van der Waals surface area contributed by atoms with Crippen molar-refractivity contribution in [2.75, 3.05) is 26.2 Å². The number of rotatable bonds is 3. The van der Waals surface area contributed by atoms with Crippen LogP contribution in [0.4, 0.5) is 0 Å². The summed E-state index contributed by atoms with van der Waals surface area (Å²) >= 11 is 0. The fraction of sp³-hybridized carbons (Fsp3) is 0.579. The third-order valence-electron chi connectivity index (χ3n) is 5.85. The highest BCUT2D eigenvalue weighted by Gasteiger charge is 2.33. The Labute approximate surface area is 160 Å². The smallest absolute Gasteiger partial charge is 0.263 e. The van der Waals surface area contributed by atoms with Crippen LogP contribution in [-0.4, -0.2) is 57.3 Å². The first kappa shape index (κ1) is 18.4. The van der Waals surface area contributed by atoms with E-state index in [1.165, 1.54) is 0 Å². The van der Waals surface area contributed by atoms with E-state index in [9.17, 15) is 13.2 Å². The Hall–Kier alpha value is -1.93. The van der Waals surface area contributed by atoms with Gasteiger partial charge in [-0.1, -0.05) is 12.1 Å². The summed E-state index contributed by atoms with van der Waals surface area (Å²) in [5.74, 6) is 1.81. The summed E-state index contributed by atoms with van der Waals surface area (Å²) in [6.07, 6.45) is 2.40. The molecule has 4 rings (SSSR count). The van der Waals surface area contributed by atoms with Gasteiger partial charge in [0.05, 0.1) is 10.9 Å². The molecule has 3 heterocycles. The topological polar surface area (TPSA) is 90.9 Å². The van der Waals surface area contributed by atoms with Gasteiger partial charge in [-0.3, -0.25) is 14.5 Å². The van der Waals surface area contributed by atoms with Crippen molar-refractivity contribution in [3.63, 3.8) is 0 Å². The highest BCUT2D eigenvalue weighted by Crippen LogP contribution is 2.27. The van der Waals surface area contributed by atoms with Gasteiger partial charge in [0.1, 0.15) is 5.84 Å². The standard InChI is InChI=1S/C19H26N4O3S/c1-13(21-19-16-4-2-3-5-17(16)27(25,26)22-19)10-18(24)23-8-6-14-11-20-12-15(14)7-9-23/h2-5,13-15,20H,6-12H2,1H3,(H,21,22)/t13?,14-,15+. The summed E-state index contributed by atoms with van der Waals surface area (Å²) in [4.78, 5) is 19.4. The number of amidine groups is 1. The predicted octanol–water partition coefficient (Wildman–Crippen LogP) is 0.962. The van der Waals surface area contributed by atoms with E-state index < -0.39 is 10.0 Å². The van der Waals surface area contributed by atoms with Gasteiger partial charge in [-0.2, -0.15) is 0 Å². The molecule has 0 bridgehead atoms. The molecule has 7 nitrogen and oxygen atoms in total. The summed E-state index contributed by atoms with van der Waals surface area (Å²) in [6, 6.07) is 6.50. The van der Waals surface area contributed by atoms with Crippen LogP contribution in [0.15, 0.2) is 34.2 Å². The molecule has 1 aromatic rings. The minimum atomic E-state index is -3.55. The van der Waals surface area contributed by atoms with E-state index >= 15 is 0 Å². The molecule has 1 amide bonds. The first-order valence-corrected chi connectivity index (χ1v) is 11.1. The summed E-state index contributed by atoms with van der Waals surface area (Å²) in [5, 5.41) is 3.45. The van der Waals surface area contributed by atoms with E-state index in [-0.39, 0.29) is 16.8 Å². The fourth-order valence-corrected chi connectivity index (χ4v) is 5.58. The number of fused-ring (bicyclic) bond motifs is 2. The molecule has 8 heteroatoms. The van der Waals surface area contributed by atoms with Crippen molar-refractivity contribution in [3.05, 3.63) is 29.8 Å². The lowest BCUT2D eigenvalue weighted by molar-refractivity contribution is -0.131. The summed E-state index contributed by atoms with van der Waals surface area (Å²) in [5.41, 5.74) is 0.576. The van der Waals surface area contributed by atoms with Crippen LogP contribution in [0.2, 0.25) is 0 Å². The second-order valence-corrected chi connectivity index (χ2v) is 9.42. The molecule has 2 N–H and O–H groups in total. The Kier molecular flexibility index (Phi) is 4.94. The predicted molar refractivity (Wildman–Crippen MR) is 103 cm³/mol. The number of nitrogens with one attached hydrogen (secondary N) is 2. The second kappa shape index (κ2) is 7.24. The Morgan fingerprint density at radius 2 is 1.89 bits per heavy atom. The number of amides is 1. The molecule has 146 valence electrons. The number of hydrogen-bond donors (Lipinski definition) is 2. The Balaban J connectivity index is 1.41. The molecule has 0 spiro atoms. The van der Waals surface area contributed by atoms with Crippen LogP contribution < -0.4 is 10.0 Å². The monoisotopic (exact) mass is 390 g/mol. The molecule has 0 radical (unpaired) electrons. The summed E-state index contributed by atoms with van der Waals surface area (Å²) in [7, 11) is -3.55.